The Kier molecular flexibility index (Phi) is 7.87. The molecule has 6 nitrogen and oxygen atoms in total. The van der Waals surface area contributed by atoms with Crippen LogP contribution in [0.5, 0.6) is 0 Å². The van der Waals surface area contributed by atoms with E-state index in [1.165, 1.54) is 0 Å². The molecule has 0 rings (SSSR count). The van der Waals surface area contributed by atoms with Crippen LogP contribution in [0.15, 0.2) is 0 Å². The first-order valence-electron chi connectivity index (χ1n) is 3.72. The van der Waals surface area contributed by atoms with E-state index in [1.807, 2.05) is 0 Å². The number of hydrogen-bond acceptors (Lipinski definition) is 6. The Morgan fingerprint density at radius 1 is 1.38 bits per heavy atom. The molecule has 0 aliphatic rings. The van der Waals surface area contributed by atoms with E-state index in [1.54, 1.807) is 0 Å². The summed E-state index contributed by atoms with van der Waals surface area (Å²) in [5, 5.41) is 44.8. The minimum atomic E-state index is -2.96. The smallest absolute Gasteiger partial charge is 0.547 e. The summed E-state index contributed by atoms with van der Waals surface area (Å²) >= 11 is 0. The first-order valence-corrected chi connectivity index (χ1v) is 3.22. The zero-order valence-corrected chi connectivity index (χ0v) is 9.17. The number of carbonyl (C=O) groups excluding carboxylic acids is 1. The summed E-state index contributed by atoms with van der Waals surface area (Å²) < 4.78 is 6.72. The monoisotopic (exact) mass is 203 g/mol. The van der Waals surface area contributed by atoms with Crippen LogP contribution in [-0.2, 0) is 4.79 Å². The molecular formula is C6H11NaO6. The molecule has 0 radical (unpaired) electrons. The minimum absolute atomic E-state index is 0. The molecule has 0 unspecified atom stereocenters. The van der Waals surface area contributed by atoms with Gasteiger partial charge in [-0.05, 0) is 0 Å². The number of aliphatic carboxylic acids is 1. The molecule has 0 saturated carbocycles. The van der Waals surface area contributed by atoms with Crippen molar-refractivity contribution in [1.82, 2.24) is 0 Å². The number of aliphatic hydroxyl groups excluding tert-OH is 3. The van der Waals surface area contributed by atoms with Gasteiger partial charge >= 0.3 is 29.6 Å². The van der Waals surface area contributed by atoms with E-state index in [4.69, 9.17) is 21.8 Å². The molecule has 0 spiro atoms. The number of carbonyl (C=O) groups is 1. The van der Waals surface area contributed by atoms with E-state index in [2.05, 4.69) is 0 Å². The predicted octanol–water partition coefficient (Wildman–Crippen LogP) is -6.79. The second-order valence-corrected chi connectivity index (χ2v) is 2.26. The molecule has 72 valence electrons. The summed E-state index contributed by atoms with van der Waals surface area (Å²) in [6, 6.07) is 0. The molecule has 0 aromatic carbocycles. The Labute approximate surface area is 98.5 Å². The van der Waals surface area contributed by atoms with Gasteiger partial charge in [0.05, 0.1) is 26.1 Å². The van der Waals surface area contributed by atoms with Crippen molar-refractivity contribution in [2.75, 3.05) is 6.61 Å². The molecule has 3 atom stereocenters. The Morgan fingerprint density at radius 3 is 2.15 bits per heavy atom. The van der Waals surface area contributed by atoms with Gasteiger partial charge in [-0.15, -0.1) is 0 Å². The summed E-state index contributed by atoms with van der Waals surface area (Å²) in [6.45, 7) is -0.787. The van der Waals surface area contributed by atoms with Gasteiger partial charge in [0.25, 0.3) is 0 Å². The molecule has 0 aliphatic heterocycles. The predicted molar refractivity (Wildman–Crippen MR) is 34.7 cm³/mol. The van der Waals surface area contributed by atoms with Crippen LogP contribution in [0.2, 0.25) is 0 Å². The van der Waals surface area contributed by atoms with E-state index in [-0.39, 0.29) is 29.6 Å². The molecule has 0 heterocycles. The summed E-state index contributed by atoms with van der Waals surface area (Å²) in [7, 11) is 0. The first-order chi connectivity index (χ1) is 5.81. The van der Waals surface area contributed by atoms with Gasteiger partial charge in [0.15, 0.2) is 0 Å². The molecular weight excluding hydrogens is 191 g/mol. The molecule has 0 amide bonds. The van der Waals surface area contributed by atoms with Crippen molar-refractivity contribution in [3.8, 4) is 0 Å². The van der Waals surface area contributed by atoms with Crippen LogP contribution in [0.25, 0.3) is 0 Å². The third kappa shape index (κ3) is 6.39. The summed E-state index contributed by atoms with van der Waals surface area (Å²) in [4.78, 5) is 10.1. The number of carboxylic acid groups (broad SMARTS) is 1. The zero-order chi connectivity index (χ0) is 10.6. The Bertz CT molecular complexity index is 187. The van der Waals surface area contributed by atoms with Crippen LogP contribution in [0.3, 0.4) is 0 Å². The Hall–Kier alpha value is 0.310. The van der Waals surface area contributed by atoms with E-state index in [9.17, 15) is 9.90 Å². The molecule has 0 saturated heterocycles. The van der Waals surface area contributed by atoms with E-state index in [0.717, 1.165) is 0 Å². The largest absolute Gasteiger partial charge is 1.00 e. The molecule has 0 fully saturated rings. The van der Waals surface area contributed by atoms with Gasteiger partial charge in [0.1, 0.15) is 6.10 Å². The van der Waals surface area contributed by atoms with Crippen molar-refractivity contribution in [1.29, 1.82) is 0 Å². The van der Waals surface area contributed by atoms with Crippen molar-refractivity contribution in [2.24, 2.45) is 0 Å². The van der Waals surface area contributed by atoms with Gasteiger partial charge in [-0.25, -0.2) is 0 Å². The van der Waals surface area contributed by atoms with Gasteiger partial charge in [-0.1, -0.05) is 0 Å². The maximum Gasteiger partial charge on any atom is 1.00 e. The Morgan fingerprint density at radius 2 is 1.85 bits per heavy atom. The molecule has 4 N–H and O–H groups in total. The summed E-state index contributed by atoms with van der Waals surface area (Å²) in [5.41, 5.74) is 0. The summed E-state index contributed by atoms with van der Waals surface area (Å²) in [5.74, 6) is -2.07. The van der Waals surface area contributed by atoms with Gasteiger partial charge in [-0.3, -0.25) is 0 Å². The van der Waals surface area contributed by atoms with Crippen LogP contribution in [0.1, 0.15) is 7.79 Å². The maximum absolute atomic E-state index is 10.1. The Balaban J connectivity index is 0. The van der Waals surface area contributed by atoms with Crippen LogP contribution in [0, 0.1) is 0 Å². The SMILES string of the molecule is [2H][C@](O)(C[C@H](O)[C@H](O)CO)C(=O)[O-].[Na+]. The van der Waals surface area contributed by atoms with Gasteiger partial charge in [0.2, 0.25) is 0 Å². The van der Waals surface area contributed by atoms with Crippen LogP contribution >= 0.6 is 0 Å². The normalized spacial score (nSPS) is 20.5. The number of carboxylic acids is 1. The van der Waals surface area contributed by atoms with Gasteiger partial charge < -0.3 is 30.3 Å². The van der Waals surface area contributed by atoms with Gasteiger partial charge in [-0.2, -0.15) is 0 Å². The molecule has 0 aromatic heterocycles. The topological polar surface area (TPSA) is 121 Å². The van der Waals surface area contributed by atoms with Crippen LogP contribution < -0.4 is 34.7 Å². The first kappa shape index (κ1) is 13.3. The fourth-order valence-electron chi connectivity index (χ4n) is 0.539. The molecule has 0 aromatic rings. The van der Waals surface area contributed by atoms with E-state index < -0.39 is 37.3 Å². The standard InChI is InChI=1S/C6H12O6.Na/c7-2-5(10)3(8)1-4(9)6(11)12;/h3-5,7-10H,1-2H2,(H,11,12);/q;+1/p-1/t3-,4-,5+;/m0./s1/i4D;. The summed E-state index contributed by atoms with van der Waals surface area (Å²) in [6.07, 6.45) is -7.17. The third-order valence-electron chi connectivity index (χ3n) is 1.27. The fourth-order valence-corrected chi connectivity index (χ4v) is 0.539. The van der Waals surface area contributed by atoms with E-state index >= 15 is 0 Å². The molecule has 7 heteroatoms. The van der Waals surface area contributed by atoms with Gasteiger partial charge in [0, 0.05) is 6.42 Å². The molecule has 13 heavy (non-hydrogen) atoms. The third-order valence-corrected chi connectivity index (χ3v) is 1.27. The van der Waals surface area contributed by atoms with Crippen molar-refractivity contribution < 1.29 is 61.3 Å². The molecule has 0 bridgehead atoms. The zero-order valence-electron chi connectivity index (χ0n) is 8.17. The second kappa shape index (κ2) is 7.69. The van der Waals surface area contributed by atoms with E-state index in [0.29, 0.717) is 0 Å². The van der Waals surface area contributed by atoms with Crippen molar-refractivity contribution >= 4 is 5.97 Å². The van der Waals surface area contributed by atoms with Crippen LogP contribution in [-0.4, -0.2) is 51.3 Å². The van der Waals surface area contributed by atoms with Crippen molar-refractivity contribution in [3.05, 3.63) is 0 Å². The minimum Gasteiger partial charge on any atom is -0.547 e. The fraction of sp³-hybridized carbons (Fsp3) is 0.833. The number of aliphatic hydroxyl groups is 4. The van der Waals surface area contributed by atoms with Crippen LogP contribution in [0.4, 0.5) is 0 Å². The quantitative estimate of drug-likeness (QED) is 0.329. The van der Waals surface area contributed by atoms with Crippen molar-refractivity contribution in [3.63, 3.8) is 0 Å². The molecule has 0 aliphatic carbocycles. The average molecular weight is 203 g/mol. The number of rotatable bonds is 5. The number of hydrogen-bond donors (Lipinski definition) is 4. The van der Waals surface area contributed by atoms with Crippen molar-refractivity contribution in [2.45, 2.75) is 24.7 Å². The average Bonchev–Trinajstić information content (AvgIpc) is 2.01. The second-order valence-electron chi connectivity index (χ2n) is 2.26. The maximum atomic E-state index is 10.1.